The van der Waals surface area contributed by atoms with Crippen molar-refractivity contribution in [3.63, 3.8) is 0 Å². The third-order valence-electron chi connectivity index (χ3n) is 2.44. The molecular weight excluding hydrogens is 250 g/mol. The number of hydrogen-bond acceptors (Lipinski definition) is 4. The van der Waals surface area contributed by atoms with Gasteiger partial charge in [0.2, 0.25) is 0 Å². The maximum atomic E-state index is 5.25. The molecule has 2 heterocycles. The molecule has 1 N–H and O–H groups in total. The smallest absolute Gasteiger partial charge is 0.114 e. The molecule has 0 aliphatic carbocycles. The highest BCUT2D eigenvalue weighted by atomic mass is 32.2. The lowest BCUT2D eigenvalue weighted by molar-refractivity contribution is 0.527. The third-order valence-corrected chi connectivity index (χ3v) is 4.59. The molecule has 0 spiro atoms. The van der Waals surface area contributed by atoms with Crippen LogP contribution in [0.15, 0.2) is 33.8 Å². The van der Waals surface area contributed by atoms with E-state index in [-0.39, 0.29) is 0 Å². The number of thiophene rings is 1. The minimum absolute atomic E-state index is 0.976. The molecule has 0 aliphatic rings. The highest BCUT2D eigenvalue weighted by Crippen LogP contribution is 2.22. The van der Waals surface area contributed by atoms with E-state index in [1.165, 1.54) is 14.6 Å². The maximum absolute atomic E-state index is 5.25. The van der Waals surface area contributed by atoms with Gasteiger partial charge in [-0.3, -0.25) is 0 Å². The number of aryl methyl sites for hydroxylation is 2. The van der Waals surface area contributed by atoms with Crippen molar-refractivity contribution in [2.75, 3.05) is 12.3 Å². The van der Waals surface area contributed by atoms with Crippen LogP contribution in [0.2, 0.25) is 0 Å². The Labute approximate surface area is 110 Å². The van der Waals surface area contributed by atoms with E-state index in [9.17, 15) is 0 Å². The number of rotatable bonds is 6. The summed E-state index contributed by atoms with van der Waals surface area (Å²) in [5.41, 5.74) is 0. The van der Waals surface area contributed by atoms with Crippen LogP contribution < -0.4 is 5.32 Å². The summed E-state index contributed by atoms with van der Waals surface area (Å²) in [5.74, 6) is 2.09. The van der Waals surface area contributed by atoms with Gasteiger partial charge in [0.1, 0.15) is 5.76 Å². The highest BCUT2D eigenvalue weighted by Gasteiger charge is 2.01. The predicted molar refractivity (Wildman–Crippen MR) is 74.9 cm³/mol. The second-order valence-corrected chi connectivity index (χ2v) is 6.39. The van der Waals surface area contributed by atoms with Crippen LogP contribution in [0.4, 0.5) is 0 Å². The van der Waals surface area contributed by atoms with Gasteiger partial charge in [-0.15, -0.1) is 23.1 Å². The normalized spacial score (nSPS) is 10.9. The van der Waals surface area contributed by atoms with E-state index >= 15 is 0 Å². The molecule has 0 aliphatic heterocycles. The van der Waals surface area contributed by atoms with Crippen molar-refractivity contribution in [2.45, 2.75) is 25.3 Å². The Morgan fingerprint density at radius 3 is 2.82 bits per heavy atom. The van der Waals surface area contributed by atoms with E-state index in [1.807, 2.05) is 36.1 Å². The molecule has 17 heavy (non-hydrogen) atoms. The molecule has 2 nitrogen and oxygen atoms in total. The summed E-state index contributed by atoms with van der Waals surface area (Å²) >= 11 is 3.70. The first-order valence-electron chi connectivity index (χ1n) is 5.68. The zero-order valence-corrected chi connectivity index (χ0v) is 11.8. The minimum atomic E-state index is 0.976. The van der Waals surface area contributed by atoms with Crippen molar-refractivity contribution < 1.29 is 4.42 Å². The van der Waals surface area contributed by atoms with Crippen LogP contribution in [0, 0.1) is 13.8 Å². The van der Waals surface area contributed by atoms with Crippen molar-refractivity contribution in [3.05, 3.63) is 40.0 Å². The Balaban J connectivity index is 1.62. The first-order valence-corrected chi connectivity index (χ1v) is 7.49. The van der Waals surface area contributed by atoms with Crippen molar-refractivity contribution in [1.82, 2.24) is 5.32 Å². The molecular formula is C13H17NOS2. The van der Waals surface area contributed by atoms with Crippen LogP contribution in [0.25, 0.3) is 0 Å². The molecule has 0 fully saturated rings. The van der Waals surface area contributed by atoms with E-state index in [1.54, 1.807) is 6.26 Å². The first kappa shape index (κ1) is 12.7. The second-order valence-electron chi connectivity index (χ2n) is 3.88. The van der Waals surface area contributed by atoms with Gasteiger partial charge in [0.25, 0.3) is 0 Å². The number of thioether (sulfide) groups is 1. The zero-order valence-electron chi connectivity index (χ0n) is 10.2. The van der Waals surface area contributed by atoms with Crippen LogP contribution in [0.5, 0.6) is 0 Å². The van der Waals surface area contributed by atoms with Crippen molar-refractivity contribution in [3.8, 4) is 0 Å². The maximum Gasteiger partial charge on any atom is 0.114 e. The summed E-state index contributed by atoms with van der Waals surface area (Å²) in [6.07, 6.45) is 1.75. The van der Waals surface area contributed by atoms with Gasteiger partial charge in [0, 0.05) is 33.5 Å². The minimum Gasteiger partial charge on any atom is -0.468 e. The summed E-state index contributed by atoms with van der Waals surface area (Å²) < 4.78 is 5.25. The Bertz CT molecular complexity index is 461. The molecule has 0 atom stereocenters. The van der Waals surface area contributed by atoms with Crippen LogP contribution >= 0.6 is 23.1 Å². The fourth-order valence-corrected chi connectivity index (χ4v) is 3.28. The van der Waals surface area contributed by atoms with Gasteiger partial charge < -0.3 is 9.73 Å². The molecule has 4 heteroatoms. The van der Waals surface area contributed by atoms with Crippen LogP contribution in [0.1, 0.15) is 15.5 Å². The van der Waals surface area contributed by atoms with E-state index in [0.717, 1.165) is 24.6 Å². The summed E-state index contributed by atoms with van der Waals surface area (Å²) in [6, 6.07) is 6.40. The molecule has 2 rings (SSSR count). The van der Waals surface area contributed by atoms with Gasteiger partial charge >= 0.3 is 0 Å². The number of nitrogens with one attached hydrogen (secondary N) is 1. The van der Waals surface area contributed by atoms with Crippen LogP contribution in [0.3, 0.4) is 0 Å². The summed E-state index contributed by atoms with van der Waals surface area (Å²) in [6.45, 7) is 6.14. The van der Waals surface area contributed by atoms with Gasteiger partial charge in [-0.05, 0) is 32.0 Å². The average molecular weight is 267 g/mol. The second kappa shape index (κ2) is 6.28. The monoisotopic (exact) mass is 267 g/mol. The number of hydrogen-bond donors (Lipinski definition) is 1. The topological polar surface area (TPSA) is 25.2 Å². The Morgan fingerprint density at radius 2 is 2.18 bits per heavy atom. The van der Waals surface area contributed by atoms with Gasteiger partial charge in [0.05, 0.1) is 6.26 Å². The van der Waals surface area contributed by atoms with Crippen molar-refractivity contribution in [2.24, 2.45) is 0 Å². The highest BCUT2D eigenvalue weighted by molar-refractivity contribution is 7.99. The standard InChI is InChI=1S/C13H17NOS2/c1-10-3-4-12(17-10)9-14-6-8-16-13-5-7-15-11(13)2/h3-5,7,14H,6,8-9H2,1-2H3. The lowest BCUT2D eigenvalue weighted by Crippen LogP contribution is -2.15. The average Bonchev–Trinajstić information content (AvgIpc) is 2.88. The molecule has 0 amide bonds. The lowest BCUT2D eigenvalue weighted by Gasteiger charge is -2.02. The van der Waals surface area contributed by atoms with Gasteiger partial charge in [-0.2, -0.15) is 0 Å². The molecule has 2 aromatic rings. The van der Waals surface area contributed by atoms with E-state index in [0.29, 0.717) is 0 Å². The molecule has 0 radical (unpaired) electrons. The van der Waals surface area contributed by atoms with E-state index in [4.69, 9.17) is 4.42 Å². The van der Waals surface area contributed by atoms with Crippen LogP contribution in [-0.4, -0.2) is 12.3 Å². The largest absolute Gasteiger partial charge is 0.468 e. The summed E-state index contributed by atoms with van der Waals surface area (Å²) in [5, 5.41) is 3.46. The summed E-state index contributed by atoms with van der Waals surface area (Å²) in [7, 11) is 0. The van der Waals surface area contributed by atoms with Gasteiger partial charge in [-0.25, -0.2) is 0 Å². The van der Waals surface area contributed by atoms with Gasteiger partial charge in [0.15, 0.2) is 0 Å². The fourth-order valence-electron chi connectivity index (χ4n) is 1.55. The summed E-state index contributed by atoms with van der Waals surface area (Å²) in [4.78, 5) is 4.04. The van der Waals surface area contributed by atoms with Crippen LogP contribution in [-0.2, 0) is 6.54 Å². The Kier molecular flexibility index (Phi) is 4.71. The molecule has 0 saturated heterocycles. The molecule has 0 bridgehead atoms. The van der Waals surface area contributed by atoms with Crippen molar-refractivity contribution in [1.29, 1.82) is 0 Å². The van der Waals surface area contributed by atoms with Gasteiger partial charge in [-0.1, -0.05) is 0 Å². The SMILES string of the molecule is Cc1ccc(CNCCSc2ccoc2C)s1. The quantitative estimate of drug-likeness (QED) is 0.636. The Morgan fingerprint density at radius 1 is 1.29 bits per heavy atom. The first-order chi connectivity index (χ1) is 8.25. The third kappa shape index (κ3) is 3.91. The fraction of sp³-hybridized carbons (Fsp3) is 0.385. The predicted octanol–water partition coefficient (Wildman–Crippen LogP) is 3.84. The van der Waals surface area contributed by atoms with Crippen molar-refractivity contribution >= 4 is 23.1 Å². The Hall–Kier alpha value is -0.710. The number of furan rings is 1. The molecule has 2 aromatic heterocycles. The zero-order chi connectivity index (χ0) is 12.1. The molecule has 0 saturated carbocycles. The molecule has 92 valence electrons. The van der Waals surface area contributed by atoms with E-state index < -0.39 is 0 Å². The van der Waals surface area contributed by atoms with E-state index in [2.05, 4.69) is 24.4 Å². The molecule has 0 aromatic carbocycles. The lowest BCUT2D eigenvalue weighted by atomic mass is 10.4. The molecule has 0 unspecified atom stereocenters.